The van der Waals surface area contributed by atoms with E-state index in [1.54, 1.807) is 30.3 Å². The van der Waals surface area contributed by atoms with Crippen molar-refractivity contribution in [3.63, 3.8) is 0 Å². The Balaban J connectivity index is 2.14. The number of aryl methyl sites for hydroxylation is 1. The molecular formula is C17H13ClFN3O. The second-order valence-electron chi connectivity index (χ2n) is 4.74. The predicted molar refractivity (Wildman–Crippen MR) is 88.5 cm³/mol. The molecule has 0 saturated carbocycles. The molecule has 2 aromatic rings. The molecule has 0 atom stereocenters. The fraction of sp³-hybridized carbons (Fsp3) is 0.0588. The normalized spacial score (nSPS) is 10.8. The molecule has 2 N–H and O–H groups in total. The van der Waals surface area contributed by atoms with Gasteiger partial charge < -0.3 is 10.6 Å². The second kappa shape index (κ2) is 7.43. The van der Waals surface area contributed by atoms with E-state index in [2.05, 4.69) is 10.6 Å². The van der Waals surface area contributed by atoms with Gasteiger partial charge in [0, 0.05) is 22.6 Å². The van der Waals surface area contributed by atoms with Gasteiger partial charge in [-0.25, -0.2) is 4.39 Å². The topological polar surface area (TPSA) is 64.9 Å². The molecule has 6 heteroatoms. The van der Waals surface area contributed by atoms with Gasteiger partial charge in [-0.2, -0.15) is 5.26 Å². The molecule has 0 heterocycles. The summed E-state index contributed by atoms with van der Waals surface area (Å²) in [6.07, 6.45) is 1.23. The Labute approximate surface area is 138 Å². The largest absolute Gasteiger partial charge is 0.360 e. The number of nitriles is 1. The van der Waals surface area contributed by atoms with E-state index in [4.69, 9.17) is 16.9 Å². The first kappa shape index (κ1) is 16.5. The number of carbonyl (C=O) groups is 1. The van der Waals surface area contributed by atoms with E-state index in [1.165, 1.54) is 24.4 Å². The van der Waals surface area contributed by atoms with E-state index in [9.17, 15) is 9.18 Å². The second-order valence-corrected chi connectivity index (χ2v) is 5.17. The SMILES string of the molecule is Cc1ccc(Cl)cc1NC(=O)/C(C#N)=C\Nc1cccc(F)c1. The van der Waals surface area contributed by atoms with Crippen molar-refractivity contribution in [1.82, 2.24) is 0 Å². The van der Waals surface area contributed by atoms with E-state index >= 15 is 0 Å². The molecule has 2 aromatic carbocycles. The lowest BCUT2D eigenvalue weighted by molar-refractivity contribution is -0.112. The lowest BCUT2D eigenvalue weighted by Crippen LogP contribution is -2.15. The van der Waals surface area contributed by atoms with E-state index in [1.807, 2.05) is 6.92 Å². The summed E-state index contributed by atoms with van der Waals surface area (Å²) in [6.45, 7) is 1.81. The average molecular weight is 330 g/mol. The smallest absolute Gasteiger partial charge is 0.267 e. The zero-order valence-corrected chi connectivity index (χ0v) is 13.0. The summed E-state index contributed by atoms with van der Waals surface area (Å²) < 4.78 is 13.1. The number of hydrogen-bond donors (Lipinski definition) is 2. The Bertz CT molecular complexity index is 812. The van der Waals surface area contributed by atoms with Crippen molar-refractivity contribution in [2.75, 3.05) is 10.6 Å². The Morgan fingerprint density at radius 2 is 2.09 bits per heavy atom. The molecule has 0 bridgehead atoms. The van der Waals surface area contributed by atoms with Gasteiger partial charge in [0.1, 0.15) is 17.5 Å². The van der Waals surface area contributed by atoms with Crippen LogP contribution in [0.4, 0.5) is 15.8 Å². The van der Waals surface area contributed by atoms with Crippen LogP contribution in [0.15, 0.2) is 54.2 Å². The molecule has 0 spiro atoms. The van der Waals surface area contributed by atoms with Crippen LogP contribution >= 0.6 is 11.6 Å². The molecule has 0 aromatic heterocycles. The van der Waals surface area contributed by atoms with Gasteiger partial charge in [0.05, 0.1) is 0 Å². The summed E-state index contributed by atoms with van der Waals surface area (Å²) >= 11 is 5.89. The summed E-state index contributed by atoms with van der Waals surface area (Å²) in [7, 11) is 0. The Morgan fingerprint density at radius 3 is 2.78 bits per heavy atom. The molecule has 0 saturated heterocycles. The van der Waals surface area contributed by atoms with E-state index in [0.717, 1.165) is 5.56 Å². The number of benzene rings is 2. The van der Waals surface area contributed by atoms with Gasteiger partial charge in [0.2, 0.25) is 0 Å². The maximum absolute atomic E-state index is 13.1. The lowest BCUT2D eigenvalue weighted by atomic mass is 10.2. The third kappa shape index (κ3) is 4.56. The molecule has 0 aliphatic rings. The number of hydrogen-bond acceptors (Lipinski definition) is 3. The highest BCUT2D eigenvalue weighted by Gasteiger charge is 2.11. The van der Waals surface area contributed by atoms with Crippen LogP contribution in [0.3, 0.4) is 0 Å². The fourth-order valence-electron chi connectivity index (χ4n) is 1.80. The van der Waals surface area contributed by atoms with Crippen LogP contribution in [0, 0.1) is 24.1 Å². The summed E-state index contributed by atoms with van der Waals surface area (Å²) in [5, 5.41) is 14.9. The summed E-state index contributed by atoms with van der Waals surface area (Å²) in [6, 6.07) is 12.6. The molecule has 0 fully saturated rings. The first-order valence-corrected chi connectivity index (χ1v) is 7.07. The van der Waals surface area contributed by atoms with E-state index < -0.39 is 11.7 Å². The number of nitrogens with zero attached hydrogens (tertiary/aromatic N) is 1. The van der Waals surface area contributed by atoms with Crippen molar-refractivity contribution < 1.29 is 9.18 Å². The van der Waals surface area contributed by atoms with Crippen molar-refractivity contribution in [3.05, 3.63) is 70.6 Å². The van der Waals surface area contributed by atoms with Gasteiger partial charge in [-0.3, -0.25) is 4.79 Å². The highest BCUT2D eigenvalue weighted by Crippen LogP contribution is 2.20. The number of anilines is 2. The molecule has 4 nitrogen and oxygen atoms in total. The molecule has 116 valence electrons. The minimum Gasteiger partial charge on any atom is -0.360 e. The summed E-state index contributed by atoms with van der Waals surface area (Å²) in [5.41, 5.74) is 1.63. The number of carbonyl (C=O) groups excluding carboxylic acids is 1. The van der Waals surface area contributed by atoms with Crippen molar-refractivity contribution in [1.29, 1.82) is 5.26 Å². The van der Waals surface area contributed by atoms with Crippen LogP contribution in [0.1, 0.15) is 5.56 Å². The first-order chi connectivity index (χ1) is 11.0. The Morgan fingerprint density at radius 1 is 1.30 bits per heavy atom. The third-order valence-corrected chi connectivity index (χ3v) is 3.26. The molecule has 2 rings (SSSR count). The minimum absolute atomic E-state index is 0.145. The first-order valence-electron chi connectivity index (χ1n) is 6.69. The third-order valence-electron chi connectivity index (χ3n) is 3.02. The maximum atomic E-state index is 13.1. The Kier molecular flexibility index (Phi) is 5.34. The monoisotopic (exact) mass is 329 g/mol. The number of nitrogens with one attached hydrogen (secondary N) is 2. The maximum Gasteiger partial charge on any atom is 0.267 e. The quantitative estimate of drug-likeness (QED) is 0.651. The van der Waals surface area contributed by atoms with Gasteiger partial charge in [0.15, 0.2) is 0 Å². The van der Waals surface area contributed by atoms with Gasteiger partial charge in [0.25, 0.3) is 5.91 Å². The molecule has 0 radical (unpaired) electrons. The van der Waals surface area contributed by atoms with Crippen LogP contribution < -0.4 is 10.6 Å². The number of rotatable bonds is 4. The highest BCUT2D eigenvalue weighted by atomic mass is 35.5. The van der Waals surface area contributed by atoms with E-state index in [-0.39, 0.29) is 5.57 Å². The average Bonchev–Trinajstić information content (AvgIpc) is 2.51. The zero-order chi connectivity index (χ0) is 16.8. The van der Waals surface area contributed by atoms with E-state index in [0.29, 0.717) is 16.4 Å². The standard InChI is InChI=1S/C17H13ClFN3O/c1-11-5-6-13(18)7-16(11)22-17(23)12(9-20)10-21-15-4-2-3-14(19)8-15/h2-8,10,21H,1H3,(H,22,23)/b12-10-. The van der Waals surface area contributed by atoms with Crippen molar-refractivity contribution in [2.24, 2.45) is 0 Å². The summed E-state index contributed by atoms with van der Waals surface area (Å²) in [5.74, 6) is -0.998. The van der Waals surface area contributed by atoms with Gasteiger partial charge in [-0.1, -0.05) is 23.7 Å². The minimum atomic E-state index is -0.582. The van der Waals surface area contributed by atoms with Crippen LogP contribution in [0.2, 0.25) is 5.02 Å². The van der Waals surface area contributed by atoms with Crippen molar-refractivity contribution >= 4 is 28.9 Å². The lowest BCUT2D eigenvalue weighted by Gasteiger charge is -2.08. The molecule has 0 aliphatic heterocycles. The zero-order valence-electron chi connectivity index (χ0n) is 12.2. The molecule has 23 heavy (non-hydrogen) atoms. The van der Waals surface area contributed by atoms with Crippen LogP contribution in [-0.4, -0.2) is 5.91 Å². The highest BCUT2D eigenvalue weighted by molar-refractivity contribution is 6.31. The molecule has 1 amide bonds. The fourth-order valence-corrected chi connectivity index (χ4v) is 1.97. The number of amides is 1. The molecule has 0 unspecified atom stereocenters. The Hall–Kier alpha value is -2.84. The molecule has 0 aliphatic carbocycles. The van der Waals surface area contributed by atoms with Crippen molar-refractivity contribution in [3.8, 4) is 6.07 Å². The van der Waals surface area contributed by atoms with Crippen LogP contribution in [0.5, 0.6) is 0 Å². The predicted octanol–water partition coefficient (Wildman–Crippen LogP) is 4.25. The number of halogens is 2. The van der Waals surface area contributed by atoms with Gasteiger partial charge in [-0.05, 0) is 42.8 Å². The summed E-state index contributed by atoms with van der Waals surface area (Å²) in [4.78, 5) is 12.1. The molecular weight excluding hydrogens is 317 g/mol. The van der Waals surface area contributed by atoms with Crippen molar-refractivity contribution in [2.45, 2.75) is 6.92 Å². The van der Waals surface area contributed by atoms with Gasteiger partial charge >= 0.3 is 0 Å². The van der Waals surface area contributed by atoms with Gasteiger partial charge in [-0.15, -0.1) is 0 Å². The van der Waals surface area contributed by atoms with Crippen LogP contribution in [-0.2, 0) is 4.79 Å². The van der Waals surface area contributed by atoms with Crippen LogP contribution in [0.25, 0.3) is 0 Å².